The van der Waals surface area contributed by atoms with Gasteiger partial charge in [-0.15, -0.1) is 0 Å². The minimum absolute atomic E-state index is 0.321. The minimum atomic E-state index is -3.46. The summed E-state index contributed by atoms with van der Waals surface area (Å²) in [7, 11) is -3.46. The van der Waals surface area contributed by atoms with Crippen LogP contribution in [-0.4, -0.2) is 37.1 Å². The SMILES string of the molecule is C[C@@H]1C(CC2SC(=O)NC2=O)=Cc2ccccc2N1S(C)(=O)=O. The monoisotopic (exact) mass is 352 g/mol. The van der Waals surface area contributed by atoms with Gasteiger partial charge in [0.25, 0.3) is 5.24 Å². The normalized spacial score (nSPS) is 24.3. The Balaban J connectivity index is 2.00. The predicted octanol–water partition coefficient (Wildman–Crippen LogP) is 1.98. The zero-order valence-electron chi connectivity index (χ0n) is 12.6. The Labute approximate surface area is 139 Å². The number of para-hydroxylation sites is 1. The number of anilines is 1. The van der Waals surface area contributed by atoms with Gasteiger partial charge in [0.2, 0.25) is 15.9 Å². The second-order valence-electron chi connectivity index (χ2n) is 5.60. The maximum Gasteiger partial charge on any atom is 0.286 e. The summed E-state index contributed by atoms with van der Waals surface area (Å²) >= 11 is 0.951. The molecule has 1 aromatic rings. The number of amides is 2. The largest absolute Gasteiger partial charge is 0.286 e. The first-order chi connectivity index (χ1) is 10.8. The Bertz CT molecular complexity index is 817. The smallest absolute Gasteiger partial charge is 0.286 e. The van der Waals surface area contributed by atoms with Crippen LogP contribution >= 0.6 is 11.8 Å². The first-order valence-corrected chi connectivity index (χ1v) is 9.80. The Hall–Kier alpha value is -1.80. The number of nitrogens with zero attached hydrogens (tertiary/aromatic N) is 1. The van der Waals surface area contributed by atoms with Crippen LogP contribution in [0.4, 0.5) is 10.5 Å². The first-order valence-electron chi connectivity index (χ1n) is 7.08. The van der Waals surface area contributed by atoms with E-state index in [2.05, 4.69) is 5.32 Å². The van der Waals surface area contributed by atoms with Crippen LogP contribution in [0, 0.1) is 0 Å². The molecule has 122 valence electrons. The van der Waals surface area contributed by atoms with E-state index in [1.54, 1.807) is 19.1 Å². The summed E-state index contributed by atoms with van der Waals surface area (Å²) < 4.78 is 25.8. The van der Waals surface area contributed by atoms with Crippen LogP contribution < -0.4 is 9.62 Å². The molecule has 2 aliphatic heterocycles. The number of sulfonamides is 1. The lowest BCUT2D eigenvalue weighted by atomic mass is 9.95. The van der Waals surface area contributed by atoms with E-state index in [1.165, 1.54) is 10.6 Å². The zero-order chi connectivity index (χ0) is 16.8. The van der Waals surface area contributed by atoms with E-state index in [-0.39, 0.29) is 11.1 Å². The summed E-state index contributed by atoms with van der Waals surface area (Å²) in [4.78, 5) is 23.1. The van der Waals surface area contributed by atoms with Crippen LogP contribution in [0.2, 0.25) is 0 Å². The van der Waals surface area contributed by atoms with Crippen LogP contribution in [0.1, 0.15) is 18.9 Å². The quantitative estimate of drug-likeness (QED) is 0.899. The van der Waals surface area contributed by atoms with Gasteiger partial charge in [-0.3, -0.25) is 19.2 Å². The molecule has 2 atom stereocenters. The number of hydrogen-bond donors (Lipinski definition) is 1. The fraction of sp³-hybridized carbons (Fsp3) is 0.333. The van der Waals surface area contributed by atoms with Gasteiger partial charge in [-0.05, 0) is 30.5 Å². The molecule has 1 saturated heterocycles. The van der Waals surface area contributed by atoms with Crippen LogP contribution in [0.3, 0.4) is 0 Å². The highest BCUT2D eigenvalue weighted by molar-refractivity contribution is 8.15. The molecule has 8 heteroatoms. The zero-order valence-corrected chi connectivity index (χ0v) is 14.3. The van der Waals surface area contributed by atoms with Crippen molar-refractivity contribution < 1.29 is 18.0 Å². The molecule has 1 aromatic carbocycles. The van der Waals surface area contributed by atoms with Crippen molar-refractivity contribution in [3.05, 3.63) is 35.4 Å². The van der Waals surface area contributed by atoms with E-state index in [0.29, 0.717) is 12.1 Å². The number of rotatable bonds is 3. The van der Waals surface area contributed by atoms with Crippen molar-refractivity contribution in [3.63, 3.8) is 0 Å². The van der Waals surface area contributed by atoms with Crippen LogP contribution in [0.15, 0.2) is 29.8 Å². The molecular weight excluding hydrogens is 336 g/mol. The molecule has 6 nitrogen and oxygen atoms in total. The minimum Gasteiger partial charge on any atom is -0.286 e. The van der Waals surface area contributed by atoms with Crippen molar-refractivity contribution in [2.45, 2.75) is 24.6 Å². The van der Waals surface area contributed by atoms with Gasteiger partial charge in [0, 0.05) is 0 Å². The van der Waals surface area contributed by atoms with E-state index in [4.69, 9.17) is 0 Å². The fourth-order valence-corrected chi connectivity index (χ4v) is 5.02. The molecule has 0 saturated carbocycles. The van der Waals surface area contributed by atoms with Gasteiger partial charge in [0.15, 0.2) is 0 Å². The van der Waals surface area contributed by atoms with Gasteiger partial charge in [-0.2, -0.15) is 0 Å². The maximum absolute atomic E-state index is 12.2. The molecule has 0 spiro atoms. The molecule has 0 bridgehead atoms. The van der Waals surface area contributed by atoms with Gasteiger partial charge in [0.1, 0.15) is 0 Å². The number of imide groups is 1. The van der Waals surface area contributed by atoms with E-state index in [9.17, 15) is 18.0 Å². The van der Waals surface area contributed by atoms with Gasteiger partial charge >= 0.3 is 0 Å². The van der Waals surface area contributed by atoms with Crippen LogP contribution in [-0.2, 0) is 14.8 Å². The molecule has 1 fully saturated rings. The van der Waals surface area contributed by atoms with Gasteiger partial charge in [-0.1, -0.05) is 36.0 Å². The molecule has 0 radical (unpaired) electrons. The van der Waals surface area contributed by atoms with E-state index < -0.39 is 21.3 Å². The van der Waals surface area contributed by atoms with Crippen molar-refractivity contribution in [2.75, 3.05) is 10.6 Å². The van der Waals surface area contributed by atoms with Crippen LogP contribution in [0.25, 0.3) is 6.08 Å². The molecule has 0 aliphatic carbocycles. The van der Waals surface area contributed by atoms with Crippen molar-refractivity contribution in [2.24, 2.45) is 0 Å². The summed E-state index contributed by atoms with van der Waals surface area (Å²) in [5.74, 6) is -0.321. The molecule has 2 amide bonds. The van der Waals surface area contributed by atoms with E-state index in [0.717, 1.165) is 22.9 Å². The number of hydrogen-bond acceptors (Lipinski definition) is 5. The summed E-state index contributed by atoms with van der Waals surface area (Å²) in [6, 6.07) is 6.84. The van der Waals surface area contributed by atoms with Crippen molar-refractivity contribution in [3.8, 4) is 0 Å². The topological polar surface area (TPSA) is 83.6 Å². The Kier molecular flexibility index (Phi) is 3.97. The van der Waals surface area contributed by atoms with Crippen molar-refractivity contribution >= 4 is 44.7 Å². The van der Waals surface area contributed by atoms with Gasteiger partial charge < -0.3 is 0 Å². The Morgan fingerprint density at radius 2 is 1.96 bits per heavy atom. The van der Waals surface area contributed by atoms with Crippen molar-refractivity contribution in [1.82, 2.24) is 5.32 Å². The summed E-state index contributed by atoms with van der Waals surface area (Å²) in [5, 5.41) is 1.39. The maximum atomic E-state index is 12.2. The Morgan fingerprint density at radius 1 is 1.26 bits per heavy atom. The molecule has 23 heavy (non-hydrogen) atoms. The highest BCUT2D eigenvalue weighted by atomic mass is 32.2. The number of carbonyl (C=O) groups is 2. The fourth-order valence-electron chi connectivity index (χ4n) is 2.93. The van der Waals surface area contributed by atoms with Crippen LogP contribution in [0.5, 0.6) is 0 Å². The predicted molar refractivity (Wildman–Crippen MR) is 90.7 cm³/mol. The standard InChI is InChI=1S/C15H16N2O4S2/c1-9-11(8-13-14(18)16-15(19)22-13)7-10-5-3-4-6-12(10)17(9)23(2,20)21/h3-7,9,13H,8H2,1-2H3,(H,16,18,19)/t9-,13?/m1/s1. The lowest BCUT2D eigenvalue weighted by Gasteiger charge is -2.36. The third kappa shape index (κ3) is 3.00. The number of thioether (sulfide) groups is 1. The number of nitrogens with one attached hydrogen (secondary N) is 1. The van der Waals surface area contributed by atoms with E-state index in [1.807, 2.05) is 18.2 Å². The average Bonchev–Trinajstić information content (AvgIpc) is 2.76. The number of carbonyl (C=O) groups excluding carboxylic acids is 2. The lowest BCUT2D eigenvalue weighted by molar-refractivity contribution is -0.118. The highest BCUT2D eigenvalue weighted by Gasteiger charge is 2.37. The second-order valence-corrected chi connectivity index (χ2v) is 8.64. The van der Waals surface area contributed by atoms with Gasteiger partial charge in [0.05, 0.1) is 23.2 Å². The lowest BCUT2D eigenvalue weighted by Crippen LogP contribution is -2.42. The van der Waals surface area contributed by atoms with Gasteiger partial charge in [-0.25, -0.2) is 8.42 Å². The molecule has 1 N–H and O–H groups in total. The summed E-state index contributed by atoms with van der Waals surface area (Å²) in [5.41, 5.74) is 2.24. The highest BCUT2D eigenvalue weighted by Crippen LogP contribution is 2.37. The second kappa shape index (κ2) is 5.68. The Morgan fingerprint density at radius 3 is 2.57 bits per heavy atom. The number of fused-ring (bicyclic) bond motifs is 1. The van der Waals surface area contributed by atoms with E-state index >= 15 is 0 Å². The molecule has 0 aromatic heterocycles. The molecule has 2 heterocycles. The molecule has 3 rings (SSSR count). The first kappa shape index (κ1) is 16.1. The van der Waals surface area contributed by atoms with Crippen molar-refractivity contribution in [1.29, 1.82) is 0 Å². The summed E-state index contributed by atoms with van der Waals surface area (Å²) in [6.45, 7) is 1.79. The summed E-state index contributed by atoms with van der Waals surface area (Å²) in [6.07, 6.45) is 3.42. The average molecular weight is 352 g/mol. The third-order valence-electron chi connectivity index (χ3n) is 3.95. The molecule has 1 unspecified atom stereocenters. The number of benzene rings is 1. The third-order valence-corrected chi connectivity index (χ3v) is 6.16. The molecular formula is C15H16N2O4S2. The molecule has 2 aliphatic rings.